The summed E-state index contributed by atoms with van der Waals surface area (Å²) in [4.78, 5) is 14.3. The maximum atomic E-state index is 12.7. The van der Waals surface area contributed by atoms with E-state index in [0.717, 1.165) is 25.0 Å². The van der Waals surface area contributed by atoms with Crippen LogP contribution in [0.2, 0.25) is 0 Å². The smallest absolute Gasteiger partial charge is 0.276 e. The molecule has 140 valence electrons. The van der Waals surface area contributed by atoms with Gasteiger partial charge in [-0.25, -0.2) is 0 Å². The van der Waals surface area contributed by atoms with Crippen molar-refractivity contribution in [2.75, 3.05) is 34.5 Å². The van der Waals surface area contributed by atoms with E-state index in [4.69, 9.17) is 31.2 Å². The second-order valence-electron chi connectivity index (χ2n) is 6.00. The third kappa shape index (κ3) is 3.61. The van der Waals surface area contributed by atoms with E-state index in [1.807, 2.05) is 0 Å². The van der Waals surface area contributed by atoms with Crippen molar-refractivity contribution in [2.24, 2.45) is 0 Å². The van der Waals surface area contributed by atoms with E-state index < -0.39 is 0 Å². The Bertz CT molecular complexity index is 718. The van der Waals surface area contributed by atoms with Gasteiger partial charge in [-0.1, -0.05) is 0 Å². The molecule has 1 aromatic rings. The minimum Gasteiger partial charge on any atom is -0.493 e. The van der Waals surface area contributed by atoms with Gasteiger partial charge in [0, 0.05) is 6.61 Å². The zero-order chi connectivity index (χ0) is 18.7. The van der Waals surface area contributed by atoms with Crippen molar-refractivity contribution in [1.29, 1.82) is 0 Å². The monoisotopic (exact) mass is 378 g/mol. The number of hydrogen-bond acceptors (Lipinski definition) is 6. The van der Waals surface area contributed by atoms with E-state index >= 15 is 0 Å². The molecule has 2 aliphatic rings. The highest BCUT2D eigenvalue weighted by Gasteiger charge is 2.33. The van der Waals surface area contributed by atoms with Gasteiger partial charge in [0.15, 0.2) is 16.6 Å². The number of carbonyl (C=O) groups is 1. The number of nitrogens with one attached hydrogen (secondary N) is 1. The Kier molecular flexibility index (Phi) is 5.63. The van der Waals surface area contributed by atoms with Crippen LogP contribution in [0.1, 0.15) is 18.4 Å². The van der Waals surface area contributed by atoms with E-state index in [1.165, 1.54) is 0 Å². The van der Waals surface area contributed by atoms with Crippen LogP contribution in [0.15, 0.2) is 17.8 Å². The number of benzene rings is 1. The predicted molar refractivity (Wildman–Crippen MR) is 100 cm³/mol. The molecule has 2 heterocycles. The van der Waals surface area contributed by atoms with Gasteiger partial charge in [-0.15, -0.1) is 0 Å². The van der Waals surface area contributed by atoms with Crippen LogP contribution in [0.3, 0.4) is 0 Å². The first-order valence-electron chi connectivity index (χ1n) is 8.33. The summed E-state index contributed by atoms with van der Waals surface area (Å²) in [5.41, 5.74) is 1.14. The first-order valence-corrected chi connectivity index (χ1v) is 8.74. The molecule has 1 unspecified atom stereocenters. The van der Waals surface area contributed by atoms with Gasteiger partial charge in [0.2, 0.25) is 5.75 Å². The van der Waals surface area contributed by atoms with Crippen LogP contribution in [0.25, 0.3) is 6.08 Å². The molecule has 0 bridgehead atoms. The minimum absolute atomic E-state index is 0.0409. The Hall–Kier alpha value is -2.32. The van der Waals surface area contributed by atoms with Gasteiger partial charge in [0.05, 0.1) is 34.0 Å². The van der Waals surface area contributed by atoms with Gasteiger partial charge in [-0.05, 0) is 48.8 Å². The van der Waals surface area contributed by atoms with E-state index in [1.54, 1.807) is 44.4 Å². The molecule has 2 aliphatic heterocycles. The fourth-order valence-corrected chi connectivity index (χ4v) is 3.35. The molecule has 1 N–H and O–H groups in total. The topological polar surface area (TPSA) is 69.3 Å². The first-order chi connectivity index (χ1) is 12.6. The Morgan fingerprint density at radius 2 is 1.96 bits per heavy atom. The second-order valence-corrected chi connectivity index (χ2v) is 6.38. The van der Waals surface area contributed by atoms with Crippen molar-refractivity contribution < 1.29 is 23.7 Å². The summed E-state index contributed by atoms with van der Waals surface area (Å²) >= 11 is 5.31. The summed E-state index contributed by atoms with van der Waals surface area (Å²) in [6, 6.07) is 3.55. The molecule has 1 aromatic carbocycles. The molecule has 1 atom stereocenters. The molecular weight excluding hydrogens is 356 g/mol. The molecule has 0 saturated carbocycles. The van der Waals surface area contributed by atoms with Crippen molar-refractivity contribution in [3.8, 4) is 17.2 Å². The van der Waals surface area contributed by atoms with Gasteiger partial charge >= 0.3 is 0 Å². The molecule has 0 aliphatic carbocycles. The number of thiocarbonyl (C=S) groups is 1. The number of hydrogen-bond donors (Lipinski definition) is 1. The second kappa shape index (κ2) is 7.92. The number of rotatable bonds is 6. The quantitative estimate of drug-likeness (QED) is 0.599. The third-order valence-electron chi connectivity index (χ3n) is 4.37. The molecule has 7 nitrogen and oxygen atoms in total. The highest BCUT2D eigenvalue weighted by Crippen LogP contribution is 2.38. The molecular formula is C18H22N2O5S. The molecule has 2 fully saturated rings. The molecule has 0 spiro atoms. The Morgan fingerprint density at radius 3 is 2.50 bits per heavy atom. The zero-order valence-electron chi connectivity index (χ0n) is 15.0. The fourth-order valence-electron chi connectivity index (χ4n) is 3.08. The van der Waals surface area contributed by atoms with Gasteiger partial charge in [0.25, 0.3) is 5.91 Å². The van der Waals surface area contributed by atoms with E-state index in [9.17, 15) is 4.79 Å². The summed E-state index contributed by atoms with van der Waals surface area (Å²) in [6.45, 7) is 1.21. The van der Waals surface area contributed by atoms with Gasteiger partial charge < -0.3 is 24.3 Å². The zero-order valence-corrected chi connectivity index (χ0v) is 15.9. The van der Waals surface area contributed by atoms with E-state index in [2.05, 4.69) is 5.32 Å². The highest BCUT2D eigenvalue weighted by atomic mass is 32.1. The normalized spacial score (nSPS) is 21.3. The first kappa shape index (κ1) is 18.5. The van der Waals surface area contributed by atoms with Crippen molar-refractivity contribution in [3.05, 3.63) is 23.4 Å². The van der Waals surface area contributed by atoms with Crippen molar-refractivity contribution in [2.45, 2.75) is 18.9 Å². The summed E-state index contributed by atoms with van der Waals surface area (Å²) in [5, 5.41) is 3.37. The maximum Gasteiger partial charge on any atom is 0.276 e. The summed E-state index contributed by atoms with van der Waals surface area (Å²) < 4.78 is 21.6. The number of carbonyl (C=O) groups excluding carboxylic acids is 1. The molecule has 0 aromatic heterocycles. The number of methoxy groups -OCH3 is 3. The number of ether oxygens (including phenoxy) is 4. The van der Waals surface area contributed by atoms with Gasteiger partial charge in [-0.3, -0.25) is 9.69 Å². The van der Waals surface area contributed by atoms with Gasteiger partial charge in [0.1, 0.15) is 5.70 Å². The van der Waals surface area contributed by atoms with Crippen LogP contribution >= 0.6 is 12.2 Å². The molecule has 3 rings (SSSR count). The van der Waals surface area contributed by atoms with Crippen LogP contribution in [-0.4, -0.2) is 56.5 Å². The molecule has 0 radical (unpaired) electrons. The highest BCUT2D eigenvalue weighted by molar-refractivity contribution is 7.80. The third-order valence-corrected chi connectivity index (χ3v) is 4.69. The lowest BCUT2D eigenvalue weighted by molar-refractivity contribution is -0.123. The van der Waals surface area contributed by atoms with Crippen molar-refractivity contribution in [1.82, 2.24) is 10.2 Å². The lowest BCUT2D eigenvalue weighted by Gasteiger charge is -2.18. The minimum atomic E-state index is -0.167. The maximum absolute atomic E-state index is 12.7. The lowest BCUT2D eigenvalue weighted by Crippen LogP contribution is -2.37. The van der Waals surface area contributed by atoms with Crippen molar-refractivity contribution in [3.63, 3.8) is 0 Å². The fraction of sp³-hybridized carbons (Fsp3) is 0.444. The average molecular weight is 378 g/mol. The molecule has 26 heavy (non-hydrogen) atoms. The van der Waals surface area contributed by atoms with Crippen LogP contribution in [-0.2, 0) is 9.53 Å². The summed E-state index contributed by atoms with van der Waals surface area (Å²) in [6.07, 6.45) is 3.72. The molecule has 8 heteroatoms. The lowest BCUT2D eigenvalue weighted by atomic mass is 10.1. The van der Waals surface area contributed by atoms with E-state index in [-0.39, 0.29) is 12.0 Å². The average Bonchev–Trinajstić information content (AvgIpc) is 3.25. The number of amides is 1. The SMILES string of the molecule is COc1cc(/C=C2/NC(=S)N(CC3CCCO3)C2=O)cc(OC)c1OC. The van der Waals surface area contributed by atoms with Gasteiger partial charge in [-0.2, -0.15) is 0 Å². The van der Waals surface area contributed by atoms with Crippen LogP contribution in [0.4, 0.5) is 0 Å². The molecule has 1 amide bonds. The Morgan fingerprint density at radius 1 is 1.27 bits per heavy atom. The van der Waals surface area contributed by atoms with Crippen LogP contribution < -0.4 is 19.5 Å². The largest absolute Gasteiger partial charge is 0.493 e. The summed E-state index contributed by atoms with van der Waals surface area (Å²) in [7, 11) is 4.64. The standard InChI is InChI=1S/C18H22N2O5S/c1-22-14-8-11(9-15(23-2)16(14)24-3)7-13-17(21)20(18(26)19-13)10-12-5-4-6-25-12/h7-9,12H,4-6,10H2,1-3H3,(H,19,26)/b13-7+. The summed E-state index contributed by atoms with van der Waals surface area (Å²) in [5.74, 6) is 1.36. The predicted octanol–water partition coefficient (Wildman–Crippen LogP) is 1.95. The van der Waals surface area contributed by atoms with Crippen LogP contribution in [0.5, 0.6) is 17.2 Å². The van der Waals surface area contributed by atoms with Crippen molar-refractivity contribution >= 4 is 29.3 Å². The Balaban J connectivity index is 1.85. The van der Waals surface area contributed by atoms with Crippen LogP contribution in [0, 0.1) is 0 Å². The molecule has 2 saturated heterocycles. The Labute approximate surface area is 157 Å². The number of nitrogens with zero attached hydrogens (tertiary/aromatic N) is 1. The van der Waals surface area contributed by atoms with E-state index in [0.29, 0.717) is 34.6 Å².